The second-order valence-corrected chi connectivity index (χ2v) is 5.94. The lowest BCUT2D eigenvalue weighted by atomic mass is 10.1. The van der Waals surface area contributed by atoms with Crippen molar-refractivity contribution in [1.82, 2.24) is 5.32 Å². The predicted octanol–water partition coefficient (Wildman–Crippen LogP) is 3.61. The molecule has 0 aliphatic carbocycles. The molecule has 0 aliphatic rings. The van der Waals surface area contributed by atoms with Crippen LogP contribution in [0.2, 0.25) is 0 Å². The van der Waals surface area contributed by atoms with Crippen LogP contribution in [0.3, 0.4) is 0 Å². The highest BCUT2D eigenvalue weighted by Gasteiger charge is 2.18. The summed E-state index contributed by atoms with van der Waals surface area (Å²) in [5.74, 6) is 2.09. The summed E-state index contributed by atoms with van der Waals surface area (Å²) in [7, 11) is 3.26. The van der Waals surface area contributed by atoms with E-state index in [9.17, 15) is 4.79 Å². The third-order valence-electron chi connectivity index (χ3n) is 4.08. The van der Waals surface area contributed by atoms with E-state index < -0.39 is 6.10 Å². The second-order valence-electron chi connectivity index (χ2n) is 5.94. The maximum absolute atomic E-state index is 12.3. The minimum atomic E-state index is -0.511. The molecular formula is C21H27NO4. The van der Waals surface area contributed by atoms with E-state index in [0.717, 1.165) is 18.6 Å². The Balaban J connectivity index is 1.77. The molecule has 2 rings (SSSR count). The van der Waals surface area contributed by atoms with Crippen molar-refractivity contribution in [2.75, 3.05) is 20.8 Å². The molecule has 0 bridgehead atoms. The van der Waals surface area contributed by atoms with Gasteiger partial charge in [-0.3, -0.25) is 4.79 Å². The Labute approximate surface area is 155 Å². The minimum Gasteiger partial charge on any atom is -0.497 e. The number of methoxy groups -OCH3 is 2. The molecule has 0 aromatic heterocycles. The Morgan fingerprint density at radius 1 is 1.00 bits per heavy atom. The van der Waals surface area contributed by atoms with Crippen LogP contribution in [-0.4, -0.2) is 32.8 Å². The summed E-state index contributed by atoms with van der Waals surface area (Å²) in [6.45, 7) is 2.55. The highest BCUT2D eigenvalue weighted by atomic mass is 16.5. The normalized spacial score (nSPS) is 11.5. The van der Waals surface area contributed by atoms with Gasteiger partial charge in [-0.15, -0.1) is 0 Å². The van der Waals surface area contributed by atoms with Gasteiger partial charge < -0.3 is 19.5 Å². The third kappa shape index (κ3) is 5.99. The molecule has 0 radical (unpaired) electrons. The van der Waals surface area contributed by atoms with Gasteiger partial charge in [0.2, 0.25) is 0 Å². The van der Waals surface area contributed by atoms with Crippen molar-refractivity contribution in [2.45, 2.75) is 32.3 Å². The summed E-state index contributed by atoms with van der Waals surface area (Å²) in [6, 6.07) is 15.3. The topological polar surface area (TPSA) is 56.8 Å². The number of hydrogen-bond donors (Lipinski definition) is 1. The van der Waals surface area contributed by atoms with Crippen LogP contribution >= 0.6 is 0 Å². The van der Waals surface area contributed by atoms with Crippen LogP contribution in [0.4, 0.5) is 0 Å². The molecule has 0 unspecified atom stereocenters. The zero-order valence-electron chi connectivity index (χ0n) is 15.7. The molecule has 0 saturated heterocycles. The molecule has 0 spiro atoms. The summed E-state index contributed by atoms with van der Waals surface area (Å²) in [6.07, 6.45) is 1.86. The van der Waals surface area contributed by atoms with Gasteiger partial charge in [0, 0.05) is 12.6 Å². The van der Waals surface area contributed by atoms with E-state index in [-0.39, 0.29) is 5.91 Å². The van der Waals surface area contributed by atoms with Crippen molar-refractivity contribution >= 4 is 5.91 Å². The van der Waals surface area contributed by atoms with Crippen LogP contribution < -0.4 is 19.5 Å². The summed E-state index contributed by atoms with van der Waals surface area (Å²) in [5.41, 5.74) is 1.22. The van der Waals surface area contributed by atoms with Crippen LogP contribution in [0.1, 0.15) is 25.3 Å². The van der Waals surface area contributed by atoms with Gasteiger partial charge in [-0.1, -0.05) is 25.1 Å². The first-order chi connectivity index (χ1) is 12.7. The molecule has 140 valence electrons. The number of carbonyl (C=O) groups excluding carboxylic acids is 1. The molecule has 0 heterocycles. The summed E-state index contributed by atoms with van der Waals surface area (Å²) in [4.78, 5) is 12.3. The molecule has 0 saturated carbocycles. The molecule has 1 atom stereocenters. The average molecular weight is 357 g/mol. The second kappa shape index (κ2) is 10.3. The number of nitrogens with one attached hydrogen (secondary N) is 1. The van der Waals surface area contributed by atoms with Crippen molar-refractivity contribution < 1.29 is 19.0 Å². The Kier molecular flexibility index (Phi) is 7.80. The molecule has 2 aromatic rings. The van der Waals surface area contributed by atoms with Crippen molar-refractivity contribution in [1.29, 1.82) is 0 Å². The molecule has 1 N–H and O–H groups in total. The number of aryl methyl sites for hydroxylation is 1. The van der Waals surface area contributed by atoms with Gasteiger partial charge in [0.05, 0.1) is 14.2 Å². The maximum Gasteiger partial charge on any atom is 0.261 e. The average Bonchev–Trinajstić information content (AvgIpc) is 2.69. The fourth-order valence-electron chi connectivity index (χ4n) is 2.57. The number of benzene rings is 2. The maximum atomic E-state index is 12.3. The van der Waals surface area contributed by atoms with Crippen molar-refractivity contribution in [2.24, 2.45) is 0 Å². The van der Waals surface area contributed by atoms with Crippen LogP contribution in [0.15, 0.2) is 48.5 Å². The van der Waals surface area contributed by atoms with Crippen LogP contribution in [0.5, 0.6) is 17.2 Å². The fraction of sp³-hybridized carbons (Fsp3) is 0.381. The van der Waals surface area contributed by atoms with Crippen LogP contribution in [0.25, 0.3) is 0 Å². The first-order valence-electron chi connectivity index (χ1n) is 8.87. The first-order valence-corrected chi connectivity index (χ1v) is 8.87. The highest BCUT2D eigenvalue weighted by Crippen LogP contribution is 2.20. The standard InChI is InChI=1S/C21H27NO4/c1-4-20(26-19-9-5-8-18(15-19)25-3)21(23)22-14-6-7-16-10-12-17(24-2)13-11-16/h5,8-13,15,20H,4,6-7,14H2,1-3H3,(H,22,23)/t20-/m0/s1. The van der Waals surface area contributed by atoms with E-state index >= 15 is 0 Å². The van der Waals surface area contributed by atoms with Crippen LogP contribution in [0, 0.1) is 0 Å². The largest absolute Gasteiger partial charge is 0.497 e. The van der Waals surface area contributed by atoms with Gasteiger partial charge >= 0.3 is 0 Å². The molecular weight excluding hydrogens is 330 g/mol. The van der Waals surface area contributed by atoms with Crippen molar-refractivity contribution in [3.8, 4) is 17.2 Å². The molecule has 2 aromatic carbocycles. The van der Waals surface area contributed by atoms with E-state index in [1.54, 1.807) is 20.3 Å². The molecule has 26 heavy (non-hydrogen) atoms. The number of amides is 1. The molecule has 5 nitrogen and oxygen atoms in total. The van der Waals surface area contributed by atoms with Gasteiger partial charge in [-0.2, -0.15) is 0 Å². The summed E-state index contributed by atoms with van der Waals surface area (Å²) < 4.78 is 16.1. The SMILES string of the molecule is CC[C@H](Oc1cccc(OC)c1)C(=O)NCCCc1ccc(OC)cc1. The number of carbonyl (C=O) groups is 1. The number of ether oxygens (including phenoxy) is 3. The van der Waals surface area contributed by atoms with Gasteiger partial charge in [0.15, 0.2) is 6.10 Å². The van der Waals surface area contributed by atoms with E-state index in [0.29, 0.717) is 24.5 Å². The monoisotopic (exact) mass is 357 g/mol. The van der Waals surface area contributed by atoms with Gasteiger partial charge in [0.25, 0.3) is 5.91 Å². The van der Waals surface area contributed by atoms with Crippen molar-refractivity contribution in [3.05, 3.63) is 54.1 Å². The molecule has 5 heteroatoms. The van der Waals surface area contributed by atoms with Crippen LogP contribution in [-0.2, 0) is 11.2 Å². The molecule has 0 fully saturated rings. The summed E-state index contributed by atoms with van der Waals surface area (Å²) >= 11 is 0. The smallest absolute Gasteiger partial charge is 0.261 e. The fourth-order valence-corrected chi connectivity index (χ4v) is 2.57. The number of rotatable bonds is 10. The minimum absolute atomic E-state index is 0.0925. The van der Waals surface area contributed by atoms with Gasteiger partial charge in [0.1, 0.15) is 17.2 Å². The lowest BCUT2D eigenvalue weighted by molar-refractivity contribution is -0.128. The van der Waals surface area contributed by atoms with Gasteiger partial charge in [-0.05, 0) is 49.1 Å². The van der Waals surface area contributed by atoms with Gasteiger partial charge in [-0.25, -0.2) is 0 Å². The lowest BCUT2D eigenvalue weighted by Crippen LogP contribution is -2.38. The first kappa shape index (κ1) is 19.6. The summed E-state index contributed by atoms with van der Waals surface area (Å²) in [5, 5.41) is 2.96. The third-order valence-corrected chi connectivity index (χ3v) is 4.08. The zero-order chi connectivity index (χ0) is 18.8. The van der Waals surface area contributed by atoms with E-state index in [1.165, 1.54) is 5.56 Å². The quantitative estimate of drug-likeness (QED) is 0.660. The molecule has 1 amide bonds. The van der Waals surface area contributed by atoms with E-state index in [1.807, 2.05) is 49.4 Å². The molecule has 0 aliphatic heterocycles. The Hall–Kier alpha value is -2.69. The lowest BCUT2D eigenvalue weighted by Gasteiger charge is -2.17. The zero-order valence-corrected chi connectivity index (χ0v) is 15.7. The van der Waals surface area contributed by atoms with Crippen molar-refractivity contribution in [3.63, 3.8) is 0 Å². The Bertz CT molecular complexity index is 685. The number of hydrogen-bond acceptors (Lipinski definition) is 4. The predicted molar refractivity (Wildman–Crippen MR) is 102 cm³/mol. The van der Waals surface area contributed by atoms with E-state index in [4.69, 9.17) is 14.2 Å². The Morgan fingerprint density at radius 2 is 1.69 bits per heavy atom. The highest BCUT2D eigenvalue weighted by molar-refractivity contribution is 5.81. The Morgan fingerprint density at radius 3 is 2.35 bits per heavy atom. The van der Waals surface area contributed by atoms with E-state index in [2.05, 4.69) is 5.32 Å².